The first-order valence-corrected chi connectivity index (χ1v) is 7.33. The maximum atomic E-state index is 5.93. The van der Waals surface area contributed by atoms with Crippen LogP contribution in [0.5, 0.6) is 5.75 Å². The second kappa shape index (κ2) is 6.54. The van der Waals surface area contributed by atoms with Gasteiger partial charge in [0.15, 0.2) is 0 Å². The summed E-state index contributed by atoms with van der Waals surface area (Å²) in [4.78, 5) is 4.34. The fraction of sp³-hybridized carbons (Fsp3) is 0.0588. The minimum Gasteiger partial charge on any atom is -0.496 e. The van der Waals surface area contributed by atoms with Crippen molar-refractivity contribution in [3.8, 4) is 17.0 Å². The lowest BCUT2D eigenvalue weighted by atomic mass is 10.1. The molecular weight excluding hydrogens is 312 g/mol. The van der Waals surface area contributed by atoms with Gasteiger partial charge < -0.3 is 10.5 Å². The molecule has 1 aromatic heterocycles. The van der Waals surface area contributed by atoms with Crippen LogP contribution in [0, 0.1) is 0 Å². The highest BCUT2D eigenvalue weighted by molar-refractivity contribution is 6.30. The number of methoxy groups -OCH3 is 1. The predicted octanol–water partition coefficient (Wildman–Crippen LogP) is 3.68. The van der Waals surface area contributed by atoms with E-state index in [1.54, 1.807) is 31.7 Å². The maximum absolute atomic E-state index is 5.93. The number of nitrogens with zero attached hydrogens (tertiary/aromatic N) is 3. The van der Waals surface area contributed by atoms with Crippen molar-refractivity contribution in [1.29, 1.82) is 0 Å². The Balaban J connectivity index is 1.90. The number of benzene rings is 2. The van der Waals surface area contributed by atoms with E-state index in [2.05, 4.69) is 10.1 Å². The van der Waals surface area contributed by atoms with Crippen LogP contribution in [0.15, 0.2) is 59.8 Å². The van der Waals surface area contributed by atoms with E-state index in [9.17, 15) is 0 Å². The van der Waals surface area contributed by atoms with E-state index in [-0.39, 0.29) is 0 Å². The molecule has 0 saturated carbocycles. The summed E-state index contributed by atoms with van der Waals surface area (Å²) >= 11 is 5.86. The molecule has 5 nitrogen and oxygen atoms in total. The molecule has 0 aliphatic carbocycles. The molecule has 0 aliphatic rings. The highest BCUT2D eigenvalue weighted by Crippen LogP contribution is 2.29. The molecule has 23 heavy (non-hydrogen) atoms. The standard InChI is InChI=1S/C17H15ClN4O/c1-23-16-5-3-2-4-14(16)15-11-22(17(19)21-15)20-10-12-6-8-13(18)9-7-12/h2-11H,1H3,(H2,19,21)/b20-10-. The Kier molecular flexibility index (Phi) is 4.30. The Hall–Kier alpha value is -2.79. The first-order valence-electron chi connectivity index (χ1n) is 6.95. The molecule has 0 aliphatic heterocycles. The lowest BCUT2D eigenvalue weighted by Crippen LogP contribution is -1.96. The Morgan fingerprint density at radius 3 is 2.65 bits per heavy atom. The number of imidazole rings is 1. The van der Waals surface area contributed by atoms with E-state index in [1.165, 1.54) is 4.68 Å². The van der Waals surface area contributed by atoms with Crippen LogP contribution in [0.1, 0.15) is 5.56 Å². The summed E-state index contributed by atoms with van der Waals surface area (Å²) in [6, 6.07) is 15.0. The van der Waals surface area contributed by atoms with Gasteiger partial charge in [-0.25, -0.2) is 9.66 Å². The van der Waals surface area contributed by atoms with Gasteiger partial charge in [0.05, 0.1) is 25.2 Å². The monoisotopic (exact) mass is 326 g/mol. The molecular formula is C17H15ClN4O. The highest BCUT2D eigenvalue weighted by Gasteiger charge is 2.10. The van der Waals surface area contributed by atoms with Gasteiger partial charge >= 0.3 is 0 Å². The van der Waals surface area contributed by atoms with E-state index in [1.807, 2.05) is 36.4 Å². The molecule has 0 spiro atoms. The van der Waals surface area contributed by atoms with Crippen LogP contribution < -0.4 is 10.5 Å². The third-order valence-electron chi connectivity index (χ3n) is 3.30. The molecule has 0 amide bonds. The van der Waals surface area contributed by atoms with Gasteiger partial charge in [-0.05, 0) is 29.8 Å². The smallest absolute Gasteiger partial charge is 0.221 e. The van der Waals surface area contributed by atoms with E-state index in [0.29, 0.717) is 16.7 Å². The molecule has 2 N–H and O–H groups in total. The Morgan fingerprint density at radius 2 is 1.91 bits per heavy atom. The quantitative estimate of drug-likeness (QED) is 0.744. The van der Waals surface area contributed by atoms with Crippen molar-refractivity contribution >= 4 is 23.8 Å². The summed E-state index contributed by atoms with van der Waals surface area (Å²) in [7, 11) is 1.62. The summed E-state index contributed by atoms with van der Waals surface area (Å²) in [5.74, 6) is 1.04. The summed E-state index contributed by atoms with van der Waals surface area (Å²) in [6.07, 6.45) is 3.46. The zero-order chi connectivity index (χ0) is 16.2. The van der Waals surface area contributed by atoms with Crippen LogP contribution >= 0.6 is 11.6 Å². The number of anilines is 1. The van der Waals surface area contributed by atoms with E-state index >= 15 is 0 Å². The summed E-state index contributed by atoms with van der Waals surface area (Å²) in [6.45, 7) is 0. The first-order chi connectivity index (χ1) is 11.2. The first kappa shape index (κ1) is 15.1. The number of halogens is 1. The molecule has 0 bridgehead atoms. The summed E-state index contributed by atoms with van der Waals surface area (Å²) in [5, 5.41) is 5.01. The van der Waals surface area contributed by atoms with Crippen molar-refractivity contribution in [2.75, 3.05) is 12.8 Å². The van der Waals surface area contributed by atoms with Gasteiger partial charge in [-0.3, -0.25) is 0 Å². The molecule has 2 aromatic carbocycles. The number of hydrogen-bond acceptors (Lipinski definition) is 4. The van der Waals surface area contributed by atoms with Gasteiger partial charge in [-0.1, -0.05) is 35.9 Å². The summed E-state index contributed by atoms with van der Waals surface area (Å²) < 4.78 is 6.87. The van der Waals surface area contributed by atoms with E-state index in [4.69, 9.17) is 22.1 Å². The van der Waals surface area contributed by atoms with Gasteiger partial charge in [0, 0.05) is 10.6 Å². The topological polar surface area (TPSA) is 65.4 Å². The van der Waals surface area contributed by atoms with Gasteiger partial charge in [0.2, 0.25) is 5.95 Å². The van der Waals surface area contributed by atoms with Crippen LogP contribution in [-0.4, -0.2) is 23.0 Å². The minimum atomic E-state index is 0.302. The number of aromatic nitrogens is 2. The molecule has 3 rings (SSSR count). The van der Waals surface area contributed by atoms with Gasteiger partial charge in [-0.15, -0.1) is 0 Å². The Labute approximate surface area is 139 Å². The predicted molar refractivity (Wildman–Crippen MR) is 93.1 cm³/mol. The molecule has 116 valence electrons. The van der Waals surface area contributed by atoms with Crippen molar-refractivity contribution in [1.82, 2.24) is 9.66 Å². The number of nitrogen functional groups attached to an aromatic ring is 1. The number of ether oxygens (including phenoxy) is 1. The normalized spacial score (nSPS) is 11.0. The van der Waals surface area contributed by atoms with Crippen molar-refractivity contribution < 1.29 is 4.74 Å². The number of nitrogens with two attached hydrogens (primary N) is 1. The van der Waals surface area contributed by atoms with Gasteiger partial charge in [-0.2, -0.15) is 5.10 Å². The van der Waals surface area contributed by atoms with E-state index < -0.39 is 0 Å². The molecule has 6 heteroatoms. The Bertz CT molecular complexity index is 840. The largest absolute Gasteiger partial charge is 0.496 e. The molecule has 0 atom stereocenters. The lowest BCUT2D eigenvalue weighted by molar-refractivity contribution is 0.416. The fourth-order valence-electron chi connectivity index (χ4n) is 2.14. The SMILES string of the molecule is COc1ccccc1-c1cn(/N=C\c2ccc(Cl)cc2)c(N)n1. The van der Waals surface area contributed by atoms with Crippen molar-refractivity contribution in [2.45, 2.75) is 0 Å². The molecule has 0 radical (unpaired) electrons. The molecule has 0 fully saturated rings. The number of rotatable bonds is 4. The average Bonchev–Trinajstić information content (AvgIpc) is 2.95. The molecule has 1 heterocycles. The lowest BCUT2D eigenvalue weighted by Gasteiger charge is -2.04. The second-order valence-corrected chi connectivity index (χ2v) is 5.26. The van der Waals surface area contributed by atoms with Crippen molar-refractivity contribution in [2.24, 2.45) is 5.10 Å². The molecule has 0 saturated heterocycles. The van der Waals surface area contributed by atoms with Crippen LogP contribution in [0.4, 0.5) is 5.95 Å². The zero-order valence-corrected chi connectivity index (χ0v) is 13.2. The molecule has 3 aromatic rings. The van der Waals surface area contributed by atoms with Crippen LogP contribution in [0.3, 0.4) is 0 Å². The van der Waals surface area contributed by atoms with Gasteiger partial charge in [0.1, 0.15) is 5.75 Å². The third-order valence-corrected chi connectivity index (χ3v) is 3.55. The van der Waals surface area contributed by atoms with Crippen LogP contribution in [0.25, 0.3) is 11.3 Å². The highest BCUT2D eigenvalue weighted by atomic mass is 35.5. The van der Waals surface area contributed by atoms with Crippen molar-refractivity contribution in [3.05, 3.63) is 65.3 Å². The maximum Gasteiger partial charge on any atom is 0.221 e. The number of hydrogen-bond donors (Lipinski definition) is 1. The van der Waals surface area contributed by atoms with Crippen molar-refractivity contribution in [3.63, 3.8) is 0 Å². The van der Waals surface area contributed by atoms with E-state index in [0.717, 1.165) is 16.9 Å². The third kappa shape index (κ3) is 3.35. The minimum absolute atomic E-state index is 0.302. The van der Waals surface area contributed by atoms with Crippen LogP contribution in [-0.2, 0) is 0 Å². The fourth-order valence-corrected chi connectivity index (χ4v) is 2.27. The second-order valence-electron chi connectivity index (χ2n) is 4.83. The number of para-hydroxylation sites is 1. The average molecular weight is 327 g/mol. The zero-order valence-electron chi connectivity index (χ0n) is 12.5. The Morgan fingerprint density at radius 1 is 1.17 bits per heavy atom. The van der Waals surface area contributed by atoms with Crippen LogP contribution in [0.2, 0.25) is 5.02 Å². The van der Waals surface area contributed by atoms with Gasteiger partial charge in [0.25, 0.3) is 0 Å². The summed E-state index contributed by atoms with van der Waals surface area (Å²) in [5.41, 5.74) is 8.42. The molecule has 0 unspecified atom stereocenters.